The molecule has 11 heteroatoms. The lowest BCUT2D eigenvalue weighted by Crippen LogP contribution is -2.25. The fourth-order valence-electron chi connectivity index (χ4n) is 3.03. The summed E-state index contributed by atoms with van der Waals surface area (Å²) in [6.07, 6.45) is 0.649. The number of aromatic nitrogens is 2. The van der Waals surface area contributed by atoms with Crippen molar-refractivity contribution in [2.75, 3.05) is 19.1 Å². The van der Waals surface area contributed by atoms with Crippen molar-refractivity contribution in [2.24, 2.45) is 5.10 Å². The molecule has 2 N–H and O–H groups in total. The average molecular weight is 540 g/mol. The van der Waals surface area contributed by atoms with Gasteiger partial charge < -0.3 is 14.2 Å². The number of esters is 1. The molecule has 10 nitrogen and oxygen atoms in total. The third-order valence-electron chi connectivity index (χ3n) is 4.62. The molecule has 0 aliphatic rings. The maximum Gasteiger partial charge on any atom is 0.346 e. The lowest BCUT2D eigenvalue weighted by atomic mass is 10.1. The van der Waals surface area contributed by atoms with E-state index in [2.05, 4.69) is 36.4 Å². The topological polar surface area (TPSA) is 139 Å². The van der Waals surface area contributed by atoms with E-state index in [1.54, 1.807) is 43.3 Å². The minimum atomic E-state index is -0.838. The molecule has 0 bridgehead atoms. The van der Waals surface area contributed by atoms with Crippen LogP contribution < -0.4 is 20.5 Å². The number of benzene rings is 2. The van der Waals surface area contributed by atoms with Crippen LogP contribution in [-0.2, 0) is 9.53 Å². The molecule has 0 saturated heterocycles. The number of hydrogen-bond acceptors (Lipinski definition) is 9. The van der Waals surface area contributed by atoms with Crippen molar-refractivity contribution >= 4 is 34.1 Å². The van der Waals surface area contributed by atoms with Gasteiger partial charge in [0.05, 0.1) is 30.1 Å². The number of halogens is 1. The van der Waals surface area contributed by atoms with E-state index in [9.17, 15) is 14.9 Å². The fraction of sp³-hybridized carbons (Fsp3) is 0.208. The standard InChI is InChI=1S/C24H22BrN5O5/c1-4-34-19-11-15(10-18(25)21(19)35-14(2)23(32)33-3)13-27-30-24-28-20(16-8-6-5-7-9-16)17(12-26)22(31)29-24/h5-11,13-14H,4H2,1-3H3,(H2,28,29,30,31). The minimum absolute atomic E-state index is 0.0695. The molecule has 0 spiro atoms. The molecule has 3 aromatic rings. The number of methoxy groups -OCH3 is 1. The number of H-pyrrole nitrogens is 1. The summed E-state index contributed by atoms with van der Waals surface area (Å²) < 4.78 is 16.6. The number of nitrogens with one attached hydrogen (secondary N) is 2. The van der Waals surface area contributed by atoms with Gasteiger partial charge in [-0.2, -0.15) is 10.4 Å². The van der Waals surface area contributed by atoms with E-state index < -0.39 is 17.6 Å². The molecule has 1 aromatic heterocycles. The SMILES string of the molecule is CCOc1cc(C=NNc2nc(-c3ccccc3)c(C#N)c(=O)[nH]2)cc(Br)c1OC(C)C(=O)OC. The highest BCUT2D eigenvalue weighted by atomic mass is 79.9. The van der Waals surface area contributed by atoms with Crippen LogP contribution in [0.15, 0.2) is 56.8 Å². The van der Waals surface area contributed by atoms with Gasteiger partial charge >= 0.3 is 5.97 Å². The highest BCUT2D eigenvalue weighted by Gasteiger charge is 2.20. The van der Waals surface area contributed by atoms with Gasteiger partial charge in [0.15, 0.2) is 17.6 Å². The summed E-state index contributed by atoms with van der Waals surface area (Å²) in [6, 6.07) is 14.2. The predicted molar refractivity (Wildman–Crippen MR) is 134 cm³/mol. The first-order chi connectivity index (χ1) is 16.9. The van der Waals surface area contributed by atoms with E-state index in [-0.39, 0.29) is 17.2 Å². The lowest BCUT2D eigenvalue weighted by molar-refractivity contribution is -0.147. The van der Waals surface area contributed by atoms with Crippen LogP contribution in [0.4, 0.5) is 5.95 Å². The number of hydrogen-bond donors (Lipinski definition) is 2. The molecule has 1 atom stereocenters. The quantitative estimate of drug-likeness (QED) is 0.237. The molecule has 3 rings (SSSR count). The Morgan fingerprint density at radius 1 is 1.34 bits per heavy atom. The van der Waals surface area contributed by atoms with Crippen molar-refractivity contribution in [3.63, 3.8) is 0 Å². The second-order valence-electron chi connectivity index (χ2n) is 7.03. The Kier molecular flexibility index (Phi) is 8.58. The molecule has 0 fully saturated rings. The van der Waals surface area contributed by atoms with E-state index in [0.717, 1.165) is 0 Å². The summed E-state index contributed by atoms with van der Waals surface area (Å²) in [6.45, 7) is 3.76. The summed E-state index contributed by atoms with van der Waals surface area (Å²) in [5.41, 5.74) is 3.51. The zero-order chi connectivity index (χ0) is 25.4. The van der Waals surface area contributed by atoms with Gasteiger partial charge in [-0.1, -0.05) is 30.3 Å². The second kappa shape index (κ2) is 11.8. The van der Waals surface area contributed by atoms with Crippen molar-refractivity contribution in [1.29, 1.82) is 5.26 Å². The third kappa shape index (κ3) is 6.24. The molecule has 0 amide bonds. The van der Waals surface area contributed by atoms with Crippen LogP contribution in [-0.4, -0.2) is 42.0 Å². The number of aromatic amines is 1. The Labute approximate surface area is 209 Å². The summed E-state index contributed by atoms with van der Waals surface area (Å²) in [7, 11) is 1.28. The van der Waals surface area contributed by atoms with Crippen LogP contribution in [0.1, 0.15) is 25.0 Å². The summed E-state index contributed by atoms with van der Waals surface area (Å²) in [4.78, 5) is 31.0. The molecule has 1 heterocycles. The first kappa shape index (κ1) is 25.5. The van der Waals surface area contributed by atoms with Crippen molar-refractivity contribution in [1.82, 2.24) is 9.97 Å². The normalized spacial score (nSPS) is 11.5. The van der Waals surface area contributed by atoms with Crippen molar-refractivity contribution in [3.05, 3.63) is 68.4 Å². The van der Waals surface area contributed by atoms with Gasteiger partial charge in [0.1, 0.15) is 11.6 Å². The number of hydrazone groups is 1. The van der Waals surface area contributed by atoms with Crippen molar-refractivity contribution < 1.29 is 19.0 Å². The summed E-state index contributed by atoms with van der Waals surface area (Å²) in [5.74, 6) is 0.295. The van der Waals surface area contributed by atoms with Gasteiger partial charge in [0, 0.05) is 5.56 Å². The predicted octanol–water partition coefficient (Wildman–Crippen LogP) is 3.86. The van der Waals surface area contributed by atoms with Crippen LogP contribution >= 0.6 is 15.9 Å². The highest BCUT2D eigenvalue weighted by molar-refractivity contribution is 9.10. The van der Waals surface area contributed by atoms with Gasteiger partial charge in [0.25, 0.3) is 5.56 Å². The molecule has 180 valence electrons. The molecule has 2 aromatic carbocycles. The summed E-state index contributed by atoms with van der Waals surface area (Å²) in [5, 5.41) is 13.5. The highest BCUT2D eigenvalue weighted by Crippen LogP contribution is 2.37. The van der Waals surface area contributed by atoms with E-state index in [1.165, 1.54) is 13.3 Å². The number of carbonyl (C=O) groups excluding carboxylic acids is 1. The Hall–Kier alpha value is -4.17. The monoisotopic (exact) mass is 539 g/mol. The Morgan fingerprint density at radius 2 is 2.09 bits per heavy atom. The van der Waals surface area contributed by atoms with Gasteiger partial charge in [0.2, 0.25) is 5.95 Å². The number of carbonyl (C=O) groups is 1. The largest absolute Gasteiger partial charge is 0.490 e. The van der Waals surface area contributed by atoms with Gasteiger partial charge in [-0.05, 0) is 47.5 Å². The molecule has 0 aliphatic carbocycles. The van der Waals surface area contributed by atoms with Crippen LogP contribution in [0, 0.1) is 11.3 Å². The van der Waals surface area contributed by atoms with Crippen molar-refractivity contribution in [3.8, 4) is 28.8 Å². The number of ether oxygens (including phenoxy) is 3. The Bertz CT molecular complexity index is 1330. The van der Waals surface area contributed by atoms with Crippen LogP contribution in [0.3, 0.4) is 0 Å². The maximum atomic E-state index is 12.4. The van der Waals surface area contributed by atoms with Crippen LogP contribution in [0.2, 0.25) is 0 Å². The molecule has 35 heavy (non-hydrogen) atoms. The fourth-order valence-corrected chi connectivity index (χ4v) is 3.59. The van der Waals surface area contributed by atoms with Gasteiger partial charge in [-0.25, -0.2) is 15.2 Å². The first-order valence-corrected chi connectivity index (χ1v) is 11.3. The van der Waals surface area contributed by atoms with E-state index in [4.69, 9.17) is 14.2 Å². The number of rotatable bonds is 9. The van der Waals surface area contributed by atoms with Gasteiger partial charge in [-0.15, -0.1) is 0 Å². The number of nitriles is 1. The average Bonchev–Trinajstić information content (AvgIpc) is 2.85. The second-order valence-corrected chi connectivity index (χ2v) is 7.89. The zero-order valence-corrected chi connectivity index (χ0v) is 20.8. The van der Waals surface area contributed by atoms with Crippen LogP contribution in [0.5, 0.6) is 11.5 Å². The Morgan fingerprint density at radius 3 is 2.74 bits per heavy atom. The molecule has 0 aliphatic heterocycles. The van der Waals surface area contributed by atoms with Gasteiger partial charge in [-0.3, -0.25) is 9.78 Å². The smallest absolute Gasteiger partial charge is 0.346 e. The Balaban J connectivity index is 1.87. The zero-order valence-electron chi connectivity index (χ0n) is 19.2. The van der Waals surface area contributed by atoms with Crippen LogP contribution in [0.25, 0.3) is 11.3 Å². The maximum absolute atomic E-state index is 12.4. The molecular formula is C24H22BrN5O5. The van der Waals surface area contributed by atoms with E-state index >= 15 is 0 Å². The number of anilines is 1. The molecule has 0 saturated carbocycles. The minimum Gasteiger partial charge on any atom is -0.490 e. The number of nitrogens with zero attached hydrogens (tertiary/aromatic N) is 3. The summed E-state index contributed by atoms with van der Waals surface area (Å²) >= 11 is 3.44. The first-order valence-electron chi connectivity index (χ1n) is 10.5. The van der Waals surface area contributed by atoms with Crippen molar-refractivity contribution in [2.45, 2.75) is 20.0 Å². The third-order valence-corrected chi connectivity index (χ3v) is 5.21. The lowest BCUT2D eigenvalue weighted by Gasteiger charge is -2.17. The molecular weight excluding hydrogens is 518 g/mol. The van der Waals surface area contributed by atoms with E-state index in [0.29, 0.717) is 33.7 Å². The molecule has 0 radical (unpaired) electrons. The van der Waals surface area contributed by atoms with E-state index in [1.807, 2.05) is 19.1 Å². The molecule has 1 unspecified atom stereocenters.